The number of nitrogens with one attached hydrogen (secondary N) is 1. The average Bonchev–Trinajstić information content (AvgIpc) is 0.780. The van der Waals surface area contributed by atoms with E-state index in [0.29, 0.717) is 12.8 Å². The highest BCUT2D eigenvalue weighted by Crippen LogP contribution is 2.34. The molecule has 17 unspecified atom stereocenters. The quantitative estimate of drug-likeness (QED) is 0.0199. The predicted octanol–water partition coefficient (Wildman–Crippen LogP) is 17.7. The van der Waals surface area contributed by atoms with Gasteiger partial charge in [-0.1, -0.05) is 375 Å². The van der Waals surface area contributed by atoms with Gasteiger partial charge in [-0.05, 0) is 70.6 Å². The van der Waals surface area contributed by atoms with E-state index in [2.05, 4.69) is 104 Å². The van der Waals surface area contributed by atoms with Gasteiger partial charge in [-0.25, -0.2) is 0 Å². The Morgan fingerprint density at radius 3 is 0.964 bits per heavy atom. The van der Waals surface area contributed by atoms with Gasteiger partial charge in [0.1, 0.15) is 73.2 Å². The Kier molecular flexibility index (Phi) is 66.3. The SMILES string of the molecule is CC/C=C\C/C=C\C/C=C\C/C=C\C/C=C\C/C=C\C/C=C\CCCCCCCCCCCCCCCCCCCC(=O)NC(COC1OC(CO)C(OC2OC(CO)C(OC3OC(CO)C(O)C(O)C3O)C(O)C2O)C(O)C1O)C(O)CCCCCCCCCCCCCCCCCCCCCCCCCCCCCC. The van der Waals surface area contributed by atoms with Crippen LogP contribution in [0.25, 0.3) is 0 Å². The van der Waals surface area contributed by atoms with Crippen LogP contribution in [0.1, 0.15) is 367 Å². The van der Waals surface area contributed by atoms with Crippen molar-refractivity contribution in [3.8, 4) is 0 Å². The van der Waals surface area contributed by atoms with Crippen molar-refractivity contribution in [2.45, 2.75) is 471 Å². The predicted molar refractivity (Wildman–Crippen MR) is 452 cm³/mol. The second-order valence-electron chi connectivity index (χ2n) is 32.4. The Bertz CT molecular complexity index is 2350. The Balaban J connectivity index is 1.31. The molecular formula is C93H167NO18. The van der Waals surface area contributed by atoms with Crippen LogP contribution in [0.3, 0.4) is 0 Å². The molecule has 0 saturated carbocycles. The van der Waals surface area contributed by atoms with Crippen LogP contribution in [0, 0.1) is 0 Å². The monoisotopic (exact) mass is 1590 g/mol. The minimum atomic E-state index is -1.98. The van der Waals surface area contributed by atoms with E-state index in [9.17, 15) is 61.0 Å². The van der Waals surface area contributed by atoms with Gasteiger partial charge in [-0.15, -0.1) is 0 Å². The number of carbonyl (C=O) groups is 1. The van der Waals surface area contributed by atoms with Gasteiger partial charge < -0.3 is 89.9 Å². The van der Waals surface area contributed by atoms with E-state index < -0.39 is 124 Å². The topological polar surface area (TPSA) is 307 Å². The highest BCUT2D eigenvalue weighted by molar-refractivity contribution is 5.76. The number of rotatable bonds is 74. The first-order valence-electron chi connectivity index (χ1n) is 45.8. The molecule has 3 aliphatic rings. The molecule has 0 radical (unpaired) electrons. The van der Waals surface area contributed by atoms with Gasteiger partial charge in [0, 0.05) is 6.42 Å². The van der Waals surface area contributed by atoms with Crippen molar-refractivity contribution >= 4 is 5.91 Å². The van der Waals surface area contributed by atoms with Crippen LogP contribution < -0.4 is 5.32 Å². The number of aliphatic hydroxyl groups excluding tert-OH is 11. The third kappa shape index (κ3) is 50.0. The summed E-state index contributed by atoms with van der Waals surface area (Å²) in [7, 11) is 0. The van der Waals surface area contributed by atoms with Crippen molar-refractivity contribution in [3.05, 3.63) is 85.1 Å². The molecule has 0 aromatic carbocycles. The van der Waals surface area contributed by atoms with Crippen LogP contribution >= 0.6 is 0 Å². The summed E-state index contributed by atoms with van der Waals surface area (Å²) in [6.07, 6.45) is 71.1. The number of hydrogen-bond donors (Lipinski definition) is 12. The second kappa shape index (κ2) is 72.0. The molecule has 3 heterocycles. The van der Waals surface area contributed by atoms with Gasteiger partial charge in [0.2, 0.25) is 5.91 Å². The van der Waals surface area contributed by atoms with Gasteiger partial charge in [-0.2, -0.15) is 0 Å². The van der Waals surface area contributed by atoms with Crippen molar-refractivity contribution < 1.29 is 89.4 Å². The molecule has 12 N–H and O–H groups in total. The normalized spacial score (nSPS) is 25.3. The first-order chi connectivity index (χ1) is 54.8. The van der Waals surface area contributed by atoms with E-state index in [1.165, 1.54) is 244 Å². The number of ether oxygens (including phenoxy) is 6. The number of allylic oxidation sites excluding steroid dienone is 14. The first kappa shape index (κ1) is 103. The standard InChI is InChI=1S/C93H167NO18/c1-3-5-7-9-11-13-15-17-19-21-23-25-27-29-31-33-34-35-36-37-38-39-40-41-42-43-45-47-49-51-53-55-57-59-61-63-65-67-69-71-81(99)94-76(77(98)70-68-66-64-62-60-58-56-54-52-50-48-46-44-32-30-28-26-24-22-20-18-16-14-12-10-8-6-4-2)75-107-91-87(105)84(102)89(79(73-96)109-91)112-93-88(106)85(103)90(80(74-97)110-93)111-92-86(104)83(101)82(100)78(72-95)108-92/h5,7,11,13,17,19,23,25,29,31,34-35,37-38,76-80,82-93,95-98,100-106H,3-4,6,8-10,12,14-16,18,20-22,24,26-28,30,32-33,36,39-75H2,1-2H3,(H,94,99)/b7-5-,13-11-,19-17-,25-23-,31-29-,35-34-,38-37-. The van der Waals surface area contributed by atoms with Crippen LogP contribution in [0.5, 0.6) is 0 Å². The highest BCUT2D eigenvalue weighted by atomic mass is 16.8. The number of hydrogen-bond acceptors (Lipinski definition) is 18. The fourth-order valence-corrected chi connectivity index (χ4v) is 15.2. The van der Waals surface area contributed by atoms with E-state index >= 15 is 0 Å². The summed E-state index contributed by atoms with van der Waals surface area (Å²) in [6.45, 7) is 1.74. The zero-order chi connectivity index (χ0) is 81.0. The Hall–Kier alpha value is -3.03. The third-order valence-electron chi connectivity index (χ3n) is 22.5. The van der Waals surface area contributed by atoms with E-state index in [-0.39, 0.29) is 18.9 Å². The summed E-state index contributed by atoms with van der Waals surface area (Å²) >= 11 is 0. The first-order valence-corrected chi connectivity index (χ1v) is 45.8. The summed E-state index contributed by atoms with van der Waals surface area (Å²) < 4.78 is 34.6. The molecule has 19 heteroatoms. The number of amides is 1. The Morgan fingerprint density at radius 1 is 0.330 bits per heavy atom. The van der Waals surface area contributed by atoms with Crippen molar-refractivity contribution in [1.29, 1.82) is 0 Å². The Morgan fingerprint density at radius 2 is 0.616 bits per heavy atom. The third-order valence-corrected chi connectivity index (χ3v) is 22.5. The Labute approximate surface area is 680 Å². The summed E-state index contributed by atoms with van der Waals surface area (Å²) in [4.78, 5) is 13.6. The molecule has 0 aliphatic carbocycles. The molecule has 3 aliphatic heterocycles. The molecule has 652 valence electrons. The molecule has 0 aromatic rings. The van der Waals surface area contributed by atoms with Gasteiger partial charge in [-0.3, -0.25) is 4.79 Å². The van der Waals surface area contributed by atoms with Gasteiger partial charge >= 0.3 is 0 Å². The second-order valence-corrected chi connectivity index (χ2v) is 32.4. The van der Waals surface area contributed by atoms with Crippen LogP contribution in [0.15, 0.2) is 85.1 Å². The van der Waals surface area contributed by atoms with Crippen molar-refractivity contribution in [1.82, 2.24) is 5.32 Å². The molecule has 19 nitrogen and oxygen atoms in total. The number of aliphatic hydroxyl groups is 11. The average molecular weight is 1590 g/mol. The minimum absolute atomic E-state index is 0.238. The molecule has 0 spiro atoms. The number of unbranched alkanes of at least 4 members (excludes halogenated alkanes) is 44. The molecule has 0 aromatic heterocycles. The molecular weight excluding hydrogens is 1420 g/mol. The summed E-state index contributed by atoms with van der Waals surface area (Å²) in [5, 5.41) is 121. The van der Waals surface area contributed by atoms with Gasteiger partial charge in [0.05, 0.1) is 38.6 Å². The fourth-order valence-electron chi connectivity index (χ4n) is 15.2. The fraction of sp³-hybridized carbons (Fsp3) is 0.839. The van der Waals surface area contributed by atoms with E-state index in [4.69, 9.17) is 28.4 Å². The smallest absolute Gasteiger partial charge is 0.220 e. The number of carbonyl (C=O) groups excluding carboxylic acids is 1. The van der Waals surface area contributed by atoms with Gasteiger partial charge in [0.15, 0.2) is 18.9 Å². The van der Waals surface area contributed by atoms with E-state index in [0.717, 1.165) is 89.9 Å². The zero-order valence-electron chi connectivity index (χ0n) is 70.4. The van der Waals surface area contributed by atoms with E-state index in [1.807, 2.05) is 0 Å². The van der Waals surface area contributed by atoms with Crippen LogP contribution in [0.2, 0.25) is 0 Å². The lowest BCUT2D eigenvalue weighted by atomic mass is 9.96. The van der Waals surface area contributed by atoms with Crippen LogP contribution in [0.4, 0.5) is 0 Å². The molecule has 0 bridgehead atoms. The zero-order valence-corrected chi connectivity index (χ0v) is 70.4. The van der Waals surface area contributed by atoms with Crippen molar-refractivity contribution in [2.75, 3.05) is 26.4 Å². The lowest BCUT2D eigenvalue weighted by molar-refractivity contribution is -0.379. The molecule has 112 heavy (non-hydrogen) atoms. The summed E-state index contributed by atoms with van der Waals surface area (Å²) in [5.74, 6) is -0.238. The highest BCUT2D eigenvalue weighted by Gasteiger charge is 2.54. The summed E-state index contributed by atoms with van der Waals surface area (Å²) in [5.41, 5.74) is 0. The molecule has 1 amide bonds. The lowest BCUT2D eigenvalue weighted by Gasteiger charge is -2.48. The largest absolute Gasteiger partial charge is 0.394 e. The maximum absolute atomic E-state index is 13.6. The summed E-state index contributed by atoms with van der Waals surface area (Å²) in [6, 6.07) is -0.892. The van der Waals surface area contributed by atoms with Crippen LogP contribution in [-0.2, 0) is 33.2 Å². The van der Waals surface area contributed by atoms with Crippen molar-refractivity contribution in [3.63, 3.8) is 0 Å². The van der Waals surface area contributed by atoms with Gasteiger partial charge in [0.25, 0.3) is 0 Å². The van der Waals surface area contributed by atoms with Crippen LogP contribution in [-0.4, -0.2) is 193 Å². The lowest BCUT2D eigenvalue weighted by Crippen LogP contribution is -2.66. The molecule has 3 saturated heterocycles. The maximum Gasteiger partial charge on any atom is 0.220 e. The molecule has 3 fully saturated rings. The molecule has 3 rings (SSSR count). The van der Waals surface area contributed by atoms with Crippen molar-refractivity contribution in [2.24, 2.45) is 0 Å². The minimum Gasteiger partial charge on any atom is -0.394 e. The van der Waals surface area contributed by atoms with E-state index in [1.54, 1.807) is 0 Å². The molecule has 17 atom stereocenters. The maximum atomic E-state index is 13.6.